The van der Waals surface area contributed by atoms with E-state index in [9.17, 15) is 18.0 Å². The van der Waals surface area contributed by atoms with Crippen molar-refractivity contribution in [1.82, 2.24) is 10.2 Å². The van der Waals surface area contributed by atoms with E-state index in [1.807, 2.05) is 13.8 Å². The van der Waals surface area contributed by atoms with Gasteiger partial charge in [0.05, 0.1) is 11.9 Å². The first kappa shape index (κ1) is 30.2. The third-order valence-corrected chi connectivity index (χ3v) is 7.79. The molecule has 7 nitrogen and oxygen atoms in total. The van der Waals surface area contributed by atoms with Gasteiger partial charge in [-0.25, -0.2) is 8.42 Å². The maximum atomic E-state index is 13.3. The first-order valence-corrected chi connectivity index (χ1v) is 14.6. The van der Waals surface area contributed by atoms with Crippen molar-refractivity contribution in [2.24, 2.45) is 0 Å². The first-order valence-electron chi connectivity index (χ1n) is 11.6. The molecule has 0 aliphatic rings. The molecule has 2 rings (SSSR count). The van der Waals surface area contributed by atoms with E-state index in [-0.39, 0.29) is 43.8 Å². The van der Waals surface area contributed by atoms with Crippen LogP contribution in [0.25, 0.3) is 0 Å². The number of sulfonamides is 1. The predicted molar refractivity (Wildman–Crippen MR) is 147 cm³/mol. The molecule has 0 aliphatic heterocycles. The molecule has 0 saturated carbocycles. The Morgan fingerprint density at radius 2 is 1.69 bits per heavy atom. The van der Waals surface area contributed by atoms with Crippen molar-refractivity contribution in [1.29, 1.82) is 0 Å². The van der Waals surface area contributed by atoms with E-state index < -0.39 is 16.1 Å². The second kappa shape index (κ2) is 13.5. The van der Waals surface area contributed by atoms with Crippen LogP contribution in [-0.2, 0) is 26.2 Å². The molecule has 11 heteroatoms. The summed E-state index contributed by atoms with van der Waals surface area (Å²) >= 11 is 18.4. The average Bonchev–Trinajstić information content (AvgIpc) is 2.79. The second-order valence-corrected chi connectivity index (χ2v) is 11.9. The molecular formula is C25H32Cl3N3O4S. The minimum absolute atomic E-state index is 0.0265. The van der Waals surface area contributed by atoms with Crippen molar-refractivity contribution in [2.45, 2.75) is 58.7 Å². The van der Waals surface area contributed by atoms with Gasteiger partial charge in [0.1, 0.15) is 6.04 Å². The van der Waals surface area contributed by atoms with Gasteiger partial charge in [-0.15, -0.1) is 0 Å². The second-order valence-electron chi connectivity index (χ2n) is 8.67. The van der Waals surface area contributed by atoms with Crippen LogP contribution in [0.2, 0.25) is 15.1 Å². The van der Waals surface area contributed by atoms with Gasteiger partial charge >= 0.3 is 0 Å². The normalized spacial score (nSPS) is 13.1. The van der Waals surface area contributed by atoms with E-state index in [0.29, 0.717) is 26.3 Å². The lowest BCUT2D eigenvalue weighted by Crippen LogP contribution is -2.49. The topological polar surface area (TPSA) is 86.8 Å². The quantitative estimate of drug-likeness (QED) is 0.360. The molecule has 0 radical (unpaired) electrons. The highest BCUT2D eigenvalue weighted by Crippen LogP contribution is 2.25. The van der Waals surface area contributed by atoms with Gasteiger partial charge in [0.15, 0.2) is 0 Å². The smallest absolute Gasteiger partial charge is 0.242 e. The maximum absolute atomic E-state index is 13.3. The molecular weight excluding hydrogens is 545 g/mol. The van der Waals surface area contributed by atoms with Gasteiger partial charge in [0, 0.05) is 40.6 Å². The summed E-state index contributed by atoms with van der Waals surface area (Å²) in [5.74, 6) is -0.577. The summed E-state index contributed by atoms with van der Waals surface area (Å²) in [4.78, 5) is 27.7. The molecule has 0 aliphatic carbocycles. The Hall–Kier alpha value is -2.00. The SMILES string of the molecule is CC[C@H](C)NC(=O)[C@H](C)N(Cc1ccc(Cl)cc1Cl)C(=O)CCCN(c1cccc(Cl)c1)S(C)(=O)=O. The third kappa shape index (κ3) is 8.83. The predicted octanol–water partition coefficient (Wildman–Crippen LogP) is 5.53. The number of anilines is 1. The van der Waals surface area contributed by atoms with Crippen molar-refractivity contribution in [3.05, 3.63) is 63.1 Å². The molecule has 198 valence electrons. The van der Waals surface area contributed by atoms with Crippen molar-refractivity contribution in [3.63, 3.8) is 0 Å². The molecule has 0 aromatic heterocycles. The standard InChI is InChI=1S/C25H32Cl3N3O4S/c1-5-17(2)29-25(33)18(3)30(16-19-11-12-21(27)15-23(19)28)24(32)10-7-13-31(36(4,34)35)22-9-6-8-20(26)14-22/h6,8-9,11-12,14-15,17-18H,5,7,10,13,16H2,1-4H3,(H,29,33)/t17-,18-/m0/s1. The van der Waals surface area contributed by atoms with E-state index in [0.717, 1.165) is 12.7 Å². The van der Waals surface area contributed by atoms with Crippen LogP contribution in [0.5, 0.6) is 0 Å². The summed E-state index contributed by atoms with van der Waals surface area (Å²) in [7, 11) is -3.60. The third-order valence-electron chi connectivity index (χ3n) is 5.77. The highest BCUT2D eigenvalue weighted by Gasteiger charge is 2.28. The first-order chi connectivity index (χ1) is 16.8. The number of rotatable bonds is 12. The zero-order chi connectivity index (χ0) is 27.0. The molecule has 2 atom stereocenters. The van der Waals surface area contributed by atoms with E-state index in [1.54, 1.807) is 49.4 Å². The van der Waals surface area contributed by atoms with Gasteiger partial charge < -0.3 is 10.2 Å². The molecule has 0 unspecified atom stereocenters. The average molecular weight is 577 g/mol. The van der Waals surface area contributed by atoms with Crippen LogP contribution in [0, 0.1) is 0 Å². The lowest BCUT2D eigenvalue weighted by molar-refractivity contribution is -0.140. The van der Waals surface area contributed by atoms with Crippen LogP contribution < -0.4 is 9.62 Å². The fourth-order valence-electron chi connectivity index (χ4n) is 3.52. The maximum Gasteiger partial charge on any atom is 0.242 e. The molecule has 2 amide bonds. The Bertz CT molecular complexity index is 1180. The molecule has 0 fully saturated rings. The number of carbonyl (C=O) groups is 2. The summed E-state index contributed by atoms with van der Waals surface area (Å²) in [6.45, 7) is 5.69. The van der Waals surface area contributed by atoms with Crippen LogP contribution in [0.3, 0.4) is 0 Å². The number of carbonyl (C=O) groups excluding carboxylic acids is 2. The van der Waals surface area contributed by atoms with Gasteiger partial charge in [-0.05, 0) is 62.6 Å². The van der Waals surface area contributed by atoms with Crippen LogP contribution in [0.1, 0.15) is 45.6 Å². The van der Waals surface area contributed by atoms with E-state index in [2.05, 4.69) is 5.32 Å². The van der Waals surface area contributed by atoms with Gasteiger partial charge in [0.2, 0.25) is 21.8 Å². The Kier molecular flexibility index (Phi) is 11.3. The monoisotopic (exact) mass is 575 g/mol. The van der Waals surface area contributed by atoms with Crippen molar-refractivity contribution < 1.29 is 18.0 Å². The van der Waals surface area contributed by atoms with Crippen molar-refractivity contribution >= 4 is 62.3 Å². The Morgan fingerprint density at radius 1 is 1.03 bits per heavy atom. The van der Waals surface area contributed by atoms with Crippen molar-refractivity contribution in [3.8, 4) is 0 Å². The minimum atomic E-state index is -3.60. The number of nitrogens with zero attached hydrogens (tertiary/aromatic N) is 2. The molecule has 0 spiro atoms. The Morgan fingerprint density at radius 3 is 2.28 bits per heavy atom. The van der Waals surface area contributed by atoms with E-state index >= 15 is 0 Å². The zero-order valence-electron chi connectivity index (χ0n) is 20.8. The Balaban J connectivity index is 2.21. The van der Waals surface area contributed by atoms with Crippen LogP contribution in [-0.4, -0.2) is 50.0 Å². The van der Waals surface area contributed by atoms with Gasteiger partial charge in [-0.3, -0.25) is 13.9 Å². The number of amides is 2. The fraction of sp³-hybridized carbons (Fsp3) is 0.440. The highest BCUT2D eigenvalue weighted by atomic mass is 35.5. The minimum Gasteiger partial charge on any atom is -0.352 e. The molecule has 0 bridgehead atoms. The van der Waals surface area contributed by atoms with E-state index in [1.165, 1.54) is 9.21 Å². The number of hydrogen-bond donors (Lipinski definition) is 1. The summed E-state index contributed by atoms with van der Waals surface area (Å²) in [5.41, 5.74) is 1.07. The van der Waals surface area contributed by atoms with E-state index in [4.69, 9.17) is 34.8 Å². The van der Waals surface area contributed by atoms with Crippen LogP contribution >= 0.6 is 34.8 Å². The van der Waals surface area contributed by atoms with Gasteiger partial charge in [-0.2, -0.15) is 0 Å². The number of benzene rings is 2. The van der Waals surface area contributed by atoms with Crippen molar-refractivity contribution in [2.75, 3.05) is 17.1 Å². The molecule has 2 aromatic carbocycles. The summed E-state index contributed by atoms with van der Waals surface area (Å²) in [6.07, 6.45) is 2.12. The summed E-state index contributed by atoms with van der Waals surface area (Å²) in [5, 5.41) is 4.17. The molecule has 0 heterocycles. The largest absolute Gasteiger partial charge is 0.352 e. The van der Waals surface area contributed by atoms with Gasteiger partial charge in [0.25, 0.3) is 0 Å². The summed E-state index contributed by atoms with van der Waals surface area (Å²) in [6, 6.07) is 10.7. The van der Waals surface area contributed by atoms with Crippen LogP contribution in [0.15, 0.2) is 42.5 Å². The molecule has 1 N–H and O–H groups in total. The molecule has 0 saturated heterocycles. The molecule has 36 heavy (non-hydrogen) atoms. The van der Waals surface area contributed by atoms with Gasteiger partial charge in [-0.1, -0.05) is 53.9 Å². The number of nitrogens with one attached hydrogen (secondary N) is 1. The lowest BCUT2D eigenvalue weighted by Gasteiger charge is -2.30. The number of hydrogen-bond acceptors (Lipinski definition) is 4. The fourth-order valence-corrected chi connectivity index (χ4v) is 5.13. The lowest BCUT2D eigenvalue weighted by atomic mass is 10.1. The zero-order valence-corrected chi connectivity index (χ0v) is 23.9. The van der Waals surface area contributed by atoms with Crippen LogP contribution in [0.4, 0.5) is 5.69 Å². The Labute approximate surface area is 228 Å². The molecule has 2 aromatic rings. The summed E-state index contributed by atoms with van der Waals surface area (Å²) < 4.78 is 26.0. The highest BCUT2D eigenvalue weighted by molar-refractivity contribution is 7.92. The number of halogens is 3.